The molecule has 0 unspecified atom stereocenters. The van der Waals surface area contributed by atoms with Crippen LogP contribution in [0.25, 0.3) is 0 Å². The van der Waals surface area contributed by atoms with E-state index in [9.17, 15) is 14.4 Å². The van der Waals surface area contributed by atoms with E-state index < -0.39 is 5.91 Å². The van der Waals surface area contributed by atoms with Crippen LogP contribution in [0.2, 0.25) is 0 Å². The van der Waals surface area contributed by atoms with Crippen LogP contribution in [0.1, 0.15) is 12.8 Å². The maximum atomic E-state index is 12.5. The lowest BCUT2D eigenvalue weighted by molar-refractivity contribution is -0.142. The Bertz CT molecular complexity index is 640. The Morgan fingerprint density at radius 1 is 1.23 bits per heavy atom. The quantitative estimate of drug-likeness (QED) is 0.653. The zero-order valence-electron chi connectivity index (χ0n) is 11.6. The van der Waals surface area contributed by atoms with Gasteiger partial charge in [0.05, 0.1) is 11.8 Å². The minimum Gasteiger partial charge on any atom is -0.299 e. The molecule has 0 aromatic carbocycles. The predicted octanol–water partition coefficient (Wildman–Crippen LogP) is 0.674. The summed E-state index contributed by atoms with van der Waals surface area (Å²) in [6.07, 6.45) is 6.02. The van der Waals surface area contributed by atoms with E-state index in [0.717, 1.165) is 17.7 Å². The predicted molar refractivity (Wildman–Crippen MR) is 77.6 cm³/mol. The monoisotopic (exact) mass is 318 g/mol. The van der Waals surface area contributed by atoms with Gasteiger partial charge in [0.1, 0.15) is 12.1 Å². The molecule has 1 aromatic heterocycles. The van der Waals surface area contributed by atoms with Crippen molar-refractivity contribution in [3.05, 3.63) is 17.7 Å². The minimum absolute atomic E-state index is 0.141. The van der Waals surface area contributed by atoms with Crippen molar-refractivity contribution in [3.8, 4) is 0 Å². The second-order valence-corrected chi connectivity index (χ2v) is 6.73. The highest BCUT2D eigenvalue weighted by atomic mass is 32.1. The zero-order valence-corrected chi connectivity index (χ0v) is 12.5. The topological polar surface area (TPSA) is 92.3 Å². The molecular formula is C14H14N4O3S. The SMILES string of the molecule is O=C(CN1C(=O)[C@H]2[C@H](C1=O)[C@H]1C=C[C@H]2CC1)Nc1nncs1. The van der Waals surface area contributed by atoms with E-state index in [2.05, 4.69) is 27.7 Å². The molecule has 5 rings (SSSR count). The molecule has 114 valence electrons. The molecule has 7 nitrogen and oxygen atoms in total. The highest BCUT2D eigenvalue weighted by molar-refractivity contribution is 7.13. The number of anilines is 1. The largest absolute Gasteiger partial charge is 0.299 e. The Morgan fingerprint density at radius 3 is 2.36 bits per heavy atom. The number of hydrogen-bond acceptors (Lipinski definition) is 6. The van der Waals surface area contributed by atoms with E-state index in [1.54, 1.807) is 0 Å². The van der Waals surface area contributed by atoms with Gasteiger partial charge in [-0.15, -0.1) is 10.2 Å². The summed E-state index contributed by atoms with van der Waals surface area (Å²) in [5.74, 6) is -1.10. The first-order valence-electron chi connectivity index (χ1n) is 7.24. The van der Waals surface area contributed by atoms with Gasteiger partial charge in [-0.2, -0.15) is 0 Å². The molecule has 4 aliphatic rings. The second-order valence-electron chi connectivity index (χ2n) is 5.90. The average Bonchev–Trinajstić information content (AvgIpc) is 3.12. The third-order valence-electron chi connectivity index (χ3n) is 4.76. The maximum absolute atomic E-state index is 12.5. The Morgan fingerprint density at radius 2 is 1.86 bits per heavy atom. The van der Waals surface area contributed by atoms with E-state index in [-0.39, 0.29) is 42.0 Å². The number of aromatic nitrogens is 2. The Hall–Kier alpha value is -2.09. The average molecular weight is 318 g/mol. The number of carbonyl (C=O) groups excluding carboxylic acids is 3. The molecule has 1 saturated carbocycles. The van der Waals surface area contributed by atoms with Gasteiger partial charge in [-0.1, -0.05) is 23.5 Å². The zero-order chi connectivity index (χ0) is 15.3. The number of nitrogens with zero attached hydrogens (tertiary/aromatic N) is 3. The molecule has 1 saturated heterocycles. The van der Waals surface area contributed by atoms with Crippen LogP contribution < -0.4 is 5.32 Å². The van der Waals surface area contributed by atoms with E-state index in [1.807, 2.05) is 0 Å². The second kappa shape index (κ2) is 4.98. The van der Waals surface area contributed by atoms with Crippen molar-refractivity contribution in [1.29, 1.82) is 0 Å². The smallest absolute Gasteiger partial charge is 0.246 e. The number of fused-ring (bicyclic) bond motifs is 1. The molecule has 8 heteroatoms. The number of carbonyl (C=O) groups is 3. The van der Waals surface area contributed by atoms with Crippen molar-refractivity contribution < 1.29 is 14.4 Å². The van der Waals surface area contributed by atoms with Crippen LogP contribution in [0.15, 0.2) is 17.7 Å². The molecule has 1 N–H and O–H groups in total. The summed E-state index contributed by atoms with van der Waals surface area (Å²) in [6, 6.07) is 0. The fraction of sp³-hybridized carbons (Fsp3) is 0.500. The van der Waals surface area contributed by atoms with E-state index in [1.165, 1.54) is 16.8 Å². The molecule has 1 aliphatic heterocycles. The summed E-state index contributed by atoms with van der Waals surface area (Å²) < 4.78 is 0. The molecule has 3 aliphatic carbocycles. The summed E-state index contributed by atoms with van der Waals surface area (Å²) in [5, 5.41) is 10.3. The van der Waals surface area contributed by atoms with Gasteiger partial charge in [0.25, 0.3) is 0 Å². The fourth-order valence-electron chi connectivity index (χ4n) is 3.82. The van der Waals surface area contributed by atoms with Crippen molar-refractivity contribution >= 4 is 34.2 Å². The number of amides is 3. The number of likely N-dealkylation sites (tertiary alicyclic amines) is 1. The van der Waals surface area contributed by atoms with E-state index >= 15 is 0 Å². The Labute approximate surface area is 130 Å². The Kier molecular flexibility index (Phi) is 3.07. The van der Waals surface area contributed by atoms with Gasteiger partial charge in [0.15, 0.2) is 0 Å². The first-order chi connectivity index (χ1) is 10.6. The van der Waals surface area contributed by atoms with Crippen LogP contribution in [0, 0.1) is 23.7 Å². The van der Waals surface area contributed by atoms with Crippen LogP contribution in [0.4, 0.5) is 5.13 Å². The lowest BCUT2D eigenvalue weighted by Gasteiger charge is -2.38. The lowest BCUT2D eigenvalue weighted by atomic mass is 9.63. The lowest BCUT2D eigenvalue weighted by Crippen LogP contribution is -2.38. The van der Waals surface area contributed by atoms with Crippen molar-refractivity contribution in [1.82, 2.24) is 15.1 Å². The minimum atomic E-state index is -0.419. The highest BCUT2D eigenvalue weighted by Crippen LogP contribution is 2.49. The first-order valence-corrected chi connectivity index (χ1v) is 8.12. The van der Waals surface area contributed by atoms with Crippen LogP contribution in [0.3, 0.4) is 0 Å². The Balaban J connectivity index is 1.50. The van der Waals surface area contributed by atoms with Gasteiger partial charge in [0.2, 0.25) is 22.9 Å². The van der Waals surface area contributed by atoms with Crippen molar-refractivity contribution in [2.24, 2.45) is 23.7 Å². The molecule has 2 bridgehead atoms. The maximum Gasteiger partial charge on any atom is 0.246 e. The normalized spacial score (nSPS) is 32.5. The molecule has 1 aromatic rings. The summed E-state index contributed by atoms with van der Waals surface area (Å²) in [4.78, 5) is 38.2. The standard InChI is InChI=1S/C14H14N4O3S/c19-9(16-14-17-15-6-22-14)5-18-12(20)10-7-1-2-8(4-3-7)11(10)13(18)21/h1-2,6-8,10-11H,3-5H2,(H,16,17,19)/t7-,8-,10+,11+/m0/s1. The summed E-state index contributed by atoms with van der Waals surface area (Å²) in [6.45, 7) is -0.246. The van der Waals surface area contributed by atoms with Gasteiger partial charge in [-0.25, -0.2) is 0 Å². The summed E-state index contributed by atoms with van der Waals surface area (Å²) in [7, 11) is 0. The highest BCUT2D eigenvalue weighted by Gasteiger charge is 2.56. The molecule has 0 radical (unpaired) electrons. The number of nitrogens with one attached hydrogen (secondary N) is 1. The number of imide groups is 1. The van der Waals surface area contributed by atoms with Crippen LogP contribution >= 0.6 is 11.3 Å². The molecule has 2 heterocycles. The number of rotatable bonds is 3. The van der Waals surface area contributed by atoms with E-state index in [0.29, 0.717) is 5.13 Å². The number of hydrogen-bond donors (Lipinski definition) is 1. The summed E-state index contributed by atoms with van der Waals surface area (Å²) in [5.41, 5.74) is 1.50. The van der Waals surface area contributed by atoms with Crippen molar-refractivity contribution in [2.75, 3.05) is 11.9 Å². The van der Waals surface area contributed by atoms with Gasteiger partial charge < -0.3 is 0 Å². The first kappa shape index (κ1) is 13.6. The van der Waals surface area contributed by atoms with E-state index in [4.69, 9.17) is 0 Å². The van der Waals surface area contributed by atoms with Crippen LogP contribution in [-0.2, 0) is 14.4 Å². The molecule has 22 heavy (non-hydrogen) atoms. The molecule has 3 amide bonds. The molecule has 0 spiro atoms. The van der Waals surface area contributed by atoms with Gasteiger partial charge >= 0.3 is 0 Å². The van der Waals surface area contributed by atoms with Gasteiger partial charge in [-0.3, -0.25) is 24.6 Å². The van der Waals surface area contributed by atoms with Crippen molar-refractivity contribution in [3.63, 3.8) is 0 Å². The third kappa shape index (κ3) is 1.98. The van der Waals surface area contributed by atoms with Gasteiger partial charge in [-0.05, 0) is 24.7 Å². The molecule has 2 fully saturated rings. The summed E-state index contributed by atoms with van der Waals surface area (Å²) >= 11 is 1.19. The third-order valence-corrected chi connectivity index (χ3v) is 5.37. The molecular weight excluding hydrogens is 304 g/mol. The molecule has 4 atom stereocenters. The number of allylic oxidation sites excluding steroid dienone is 2. The fourth-order valence-corrected chi connectivity index (χ4v) is 4.28. The van der Waals surface area contributed by atoms with Crippen LogP contribution in [0.5, 0.6) is 0 Å². The van der Waals surface area contributed by atoms with Crippen LogP contribution in [-0.4, -0.2) is 39.4 Å². The van der Waals surface area contributed by atoms with Gasteiger partial charge in [0, 0.05) is 0 Å². The van der Waals surface area contributed by atoms with Crippen molar-refractivity contribution in [2.45, 2.75) is 12.8 Å².